The Bertz CT molecular complexity index is 2280. The smallest absolute Gasteiger partial charge is 0.164 e. The minimum Gasteiger partial charge on any atom is -0.456 e. The second-order valence-corrected chi connectivity index (χ2v) is 11.6. The minimum atomic E-state index is 0.600. The van der Waals surface area contributed by atoms with Crippen molar-refractivity contribution in [1.29, 1.82) is 0 Å². The Balaban J connectivity index is 1.19. The van der Waals surface area contributed by atoms with Gasteiger partial charge in [0.2, 0.25) is 0 Å². The van der Waals surface area contributed by atoms with Crippen LogP contribution in [0.5, 0.6) is 0 Å². The fraction of sp³-hybridized carbons (Fsp3) is 0. The molecule has 8 aromatic rings. The first-order valence-electron chi connectivity index (χ1n) is 14.4. The van der Waals surface area contributed by atoms with Gasteiger partial charge in [-0.1, -0.05) is 125 Å². The van der Waals surface area contributed by atoms with Gasteiger partial charge in [0.1, 0.15) is 11.2 Å². The molecule has 0 saturated heterocycles. The zero-order chi connectivity index (χ0) is 29.5. The molecule has 0 aliphatic heterocycles. The van der Waals surface area contributed by atoms with E-state index in [9.17, 15) is 0 Å². The van der Waals surface area contributed by atoms with Crippen molar-refractivity contribution in [3.63, 3.8) is 0 Å². The van der Waals surface area contributed by atoms with Crippen LogP contribution in [0.25, 0.3) is 78.4 Å². The van der Waals surface area contributed by atoms with Gasteiger partial charge in [-0.25, -0.2) is 15.0 Å². The van der Waals surface area contributed by atoms with E-state index in [0.717, 1.165) is 54.2 Å². The molecular weight excluding hydrogens is 606 g/mol. The largest absolute Gasteiger partial charge is 0.456 e. The zero-order valence-corrected chi connectivity index (χ0v) is 25.1. The van der Waals surface area contributed by atoms with E-state index >= 15 is 0 Å². The number of rotatable bonds is 5. The van der Waals surface area contributed by atoms with Crippen LogP contribution in [0.4, 0.5) is 0 Å². The number of hydrogen-bond donors (Lipinski definition) is 0. The van der Waals surface area contributed by atoms with Crippen LogP contribution in [-0.4, -0.2) is 15.0 Å². The summed E-state index contributed by atoms with van der Waals surface area (Å²) in [7, 11) is 0. The first kappa shape index (κ1) is 26.3. The summed E-state index contributed by atoms with van der Waals surface area (Å²) in [5.41, 5.74) is 9.03. The Hall–Kier alpha value is -5.39. The molecular formula is C39H24BrN3O. The standard InChI is InChI=1S/C39H24BrN3O/c40-32-20-17-26(18-21-32)30-10-6-9-29(23-30)25-13-15-28(16-14-25)38-41-37(27-7-2-1-3-8-27)42-39(43-38)31-19-22-34-33-11-4-5-12-35(33)44-36(34)24-31/h1-24H. The molecule has 0 aliphatic rings. The van der Waals surface area contributed by atoms with Crippen LogP contribution in [0.1, 0.15) is 0 Å². The van der Waals surface area contributed by atoms with Crippen LogP contribution < -0.4 is 0 Å². The predicted molar refractivity (Wildman–Crippen MR) is 182 cm³/mol. The third kappa shape index (κ3) is 4.97. The van der Waals surface area contributed by atoms with Gasteiger partial charge in [0.15, 0.2) is 17.5 Å². The molecule has 0 amide bonds. The lowest BCUT2D eigenvalue weighted by Crippen LogP contribution is -2.00. The van der Waals surface area contributed by atoms with Gasteiger partial charge in [-0.3, -0.25) is 0 Å². The molecule has 2 aromatic heterocycles. The third-order valence-corrected chi connectivity index (χ3v) is 8.35. The SMILES string of the molecule is Brc1ccc(-c2cccc(-c3ccc(-c4nc(-c5ccccc5)nc(-c5ccc6c(c5)oc5ccccc56)n4)cc3)c2)cc1. The number of nitrogens with zero attached hydrogens (tertiary/aromatic N) is 3. The summed E-state index contributed by atoms with van der Waals surface area (Å²) in [5, 5.41) is 2.17. The Morgan fingerprint density at radius 1 is 0.364 bits per heavy atom. The number of fused-ring (bicyclic) bond motifs is 3. The van der Waals surface area contributed by atoms with Crippen molar-refractivity contribution in [1.82, 2.24) is 15.0 Å². The fourth-order valence-electron chi connectivity index (χ4n) is 5.55. The van der Waals surface area contributed by atoms with Crippen molar-refractivity contribution >= 4 is 37.9 Å². The van der Waals surface area contributed by atoms with E-state index in [2.05, 4.69) is 107 Å². The van der Waals surface area contributed by atoms with Crippen molar-refractivity contribution in [2.24, 2.45) is 0 Å². The monoisotopic (exact) mass is 629 g/mol. The van der Waals surface area contributed by atoms with Crippen molar-refractivity contribution in [2.45, 2.75) is 0 Å². The molecule has 0 N–H and O–H groups in total. The molecule has 0 spiro atoms. The highest BCUT2D eigenvalue weighted by Crippen LogP contribution is 2.33. The predicted octanol–water partition coefficient (Wildman–Crippen LogP) is 10.9. The van der Waals surface area contributed by atoms with Gasteiger partial charge < -0.3 is 4.42 Å². The van der Waals surface area contributed by atoms with Gasteiger partial charge >= 0.3 is 0 Å². The van der Waals surface area contributed by atoms with Crippen LogP contribution in [0.2, 0.25) is 0 Å². The second-order valence-electron chi connectivity index (χ2n) is 10.6. The van der Waals surface area contributed by atoms with Crippen LogP contribution in [-0.2, 0) is 0 Å². The van der Waals surface area contributed by atoms with E-state index in [-0.39, 0.29) is 0 Å². The fourth-order valence-corrected chi connectivity index (χ4v) is 5.81. The molecule has 4 nitrogen and oxygen atoms in total. The molecule has 0 fully saturated rings. The number of aromatic nitrogens is 3. The number of halogens is 1. The highest BCUT2D eigenvalue weighted by atomic mass is 79.9. The zero-order valence-electron chi connectivity index (χ0n) is 23.5. The summed E-state index contributed by atoms with van der Waals surface area (Å²) >= 11 is 3.53. The first-order valence-corrected chi connectivity index (χ1v) is 15.2. The summed E-state index contributed by atoms with van der Waals surface area (Å²) in [5.74, 6) is 1.85. The first-order chi connectivity index (χ1) is 21.7. The summed E-state index contributed by atoms with van der Waals surface area (Å²) in [6, 6.07) is 49.7. The number of hydrogen-bond acceptors (Lipinski definition) is 4. The quantitative estimate of drug-likeness (QED) is 0.190. The van der Waals surface area contributed by atoms with E-state index < -0.39 is 0 Å². The average Bonchev–Trinajstić information content (AvgIpc) is 3.47. The molecule has 0 atom stereocenters. The van der Waals surface area contributed by atoms with Gasteiger partial charge in [0.25, 0.3) is 0 Å². The van der Waals surface area contributed by atoms with E-state index in [1.54, 1.807) is 0 Å². The van der Waals surface area contributed by atoms with Crippen LogP contribution in [0.3, 0.4) is 0 Å². The molecule has 0 radical (unpaired) electrons. The molecule has 0 saturated carbocycles. The van der Waals surface area contributed by atoms with Gasteiger partial charge in [-0.15, -0.1) is 0 Å². The van der Waals surface area contributed by atoms with E-state index in [1.807, 2.05) is 54.6 Å². The van der Waals surface area contributed by atoms with Crippen LogP contribution in [0.15, 0.2) is 154 Å². The highest BCUT2D eigenvalue weighted by Gasteiger charge is 2.15. The maximum atomic E-state index is 6.17. The van der Waals surface area contributed by atoms with E-state index in [1.165, 1.54) is 11.1 Å². The van der Waals surface area contributed by atoms with E-state index in [4.69, 9.17) is 19.4 Å². The molecule has 208 valence electrons. The number of furan rings is 1. The van der Waals surface area contributed by atoms with Crippen LogP contribution in [0, 0.1) is 0 Å². The Labute approximate surface area is 262 Å². The molecule has 5 heteroatoms. The minimum absolute atomic E-state index is 0.600. The maximum Gasteiger partial charge on any atom is 0.164 e. The summed E-state index contributed by atoms with van der Waals surface area (Å²) in [6.07, 6.45) is 0. The molecule has 6 aromatic carbocycles. The van der Waals surface area contributed by atoms with Gasteiger partial charge in [-0.05, 0) is 58.7 Å². The second kappa shape index (κ2) is 11.0. The Kier molecular flexibility index (Phi) is 6.58. The Morgan fingerprint density at radius 2 is 0.864 bits per heavy atom. The molecule has 44 heavy (non-hydrogen) atoms. The molecule has 0 aliphatic carbocycles. The normalized spacial score (nSPS) is 11.3. The lowest BCUT2D eigenvalue weighted by molar-refractivity contribution is 0.669. The topological polar surface area (TPSA) is 51.8 Å². The van der Waals surface area contributed by atoms with Crippen molar-refractivity contribution < 1.29 is 4.42 Å². The average molecular weight is 631 g/mol. The molecule has 2 heterocycles. The number of para-hydroxylation sites is 1. The van der Waals surface area contributed by atoms with Crippen molar-refractivity contribution in [3.8, 4) is 56.4 Å². The summed E-state index contributed by atoms with van der Waals surface area (Å²) in [6.45, 7) is 0. The molecule has 0 bridgehead atoms. The van der Waals surface area contributed by atoms with E-state index in [0.29, 0.717) is 17.5 Å². The number of benzene rings is 6. The summed E-state index contributed by atoms with van der Waals surface area (Å²) in [4.78, 5) is 14.8. The van der Waals surface area contributed by atoms with Gasteiger partial charge in [0.05, 0.1) is 0 Å². The maximum absolute atomic E-state index is 6.17. The van der Waals surface area contributed by atoms with Crippen molar-refractivity contribution in [3.05, 3.63) is 150 Å². The summed E-state index contributed by atoms with van der Waals surface area (Å²) < 4.78 is 7.24. The van der Waals surface area contributed by atoms with Gasteiger partial charge in [-0.2, -0.15) is 0 Å². The molecule has 0 unspecified atom stereocenters. The Morgan fingerprint density at radius 3 is 1.57 bits per heavy atom. The van der Waals surface area contributed by atoms with Gasteiger partial charge in [0, 0.05) is 31.9 Å². The van der Waals surface area contributed by atoms with Crippen LogP contribution >= 0.6 is 15.9 Å². The highest BCUT2D eigenvalue weighted by molar-refractivity contribution is 9.10. The van der Waals surface area contributed by atoms with Crippen molar-refractivity contribution in [2.75, 3.05) is 0 Å². The lowest BCUT2D eigenvalue weighted by atomic mass is 9.98. The molecule has 8 rings (SSSR count). The third-order valence-electron chi connectivity index (χ3n) is 7.82. The lowest BCUT2D eigenvalue weighted by Gasteiger charge is -2.10.